The van der Waals surface area contributed by atoms with E-state index in [0.717, 1.165) is 24.2 Å². The van der Waals surface area contributed by atoms with Gasteiger partial charge in [-0.1, -0.05) is 6.42 Å². The third-order valence-electron chi connectivity index (χ3n) is 3.44. The van der Waals surface area contributed by atoms with E-state index >= 15 is 0 Å². The van der Waals surface area contributed by atoms with Crippen LogP contribution in [0, 0.1) is 5.92 Å². The molecule has 0 radical (unpaired) electrons. The molecular formula is C15H24ClNO2. The molecule has 1 atom stereocenters. The summed E-state index contributed by atoms with van der Waals surface area (Å²) in [4.78, 5) is 0. The number of hydrogen-bond acceptors (Lipinski definition) is 3. The van der Waals surface area contributed by atoms with Crippen LogP contribution < -0.4 is 10.5 Å². The fourth-order valence-corrected chi connectivity index (χ4v) is 2.27. The van der Waals surface area contributed by atoms with Gasteiger partial charge < -0.3 is 15.6 Å². The fraction of sp³-hybridized carbons (Fsp3) is 0.600. The van der Waals surface area contributed by atoms with Crippen LogP contribution in [0.2, 0.25) is 0 Å². The summed E-state index contributed by atoms with van der Waals surface area (Å²) in [5.41, 5.74) is 6.78. The Morgan fingerprint density at radius 1 is 1.32 bits per heavy atom. The highest BCUT2D eigenvalue weighted by atomic mass is 35.5. The van der Waals surface area contributed by atoms with E-state index in [1.807, 2.05) is 26.8 Å². The summed E-state index contributed by atoms with van der Waals surface area (Å²) in [6.07, 6.45) is 3.56. The number of hydrogen-bond donors (Lipinski definition) is 2. The second-order valence-electron chi connectivity index (χ2n) is 6.15. The van der Waals surface area contributed by atoms with Gasteiger partial charge in [0, 0.05) is 11.6 Å². The lowest BCUT2D eigenvalue weighted by Gasteiger charge is -2.32. The maximum atomic E-state index is 9.94. The third kappa shape index (κ3) is 4.02. The van der Waals surface area contributed by atoms with E-state index in [-0.39, 0.29) is 29.8 Å². The van der Waals surface area contributed by atoms with Gasteiger partial charge in [-0.05, 0) is 57.7 Å². The molecule has 1 fully saturated rings. The fourth-order valence-electron chi connectivity index (χ4n) is 2.27. The van der Waals surface area contributed by atoms with Crippen LogP contribution in [0.4, 0.5) is 0 Å². The Morgan fingerprint density at radius 3 is 2.42 bits per heavy atom. The first-order valence-corrected chi connectivity index (χ1v) is 6.64. The van der Waals surface area contributed by atoms with Crippen molar-refractivity contribution < 1.29 is 9.84 Å². The highest BCUT2D eigenvalue weighted by Gasteiger charge is 2.27. The van der Waals surface area contributed by atoms with Gasteiger partial charge in [-0.2, -0.15) is 0 Å². The smallest absolute Gasteiger partial charge is 0.120 e. The lowest BCUT2D eigenvalue weighted by Crippen LogP contribution is -2.27. The lowest BCUT2D eigenvalue weighted by molar-refractivity contribution is 0.130. The molecule has 2 rings (SSSR count). The van der Waals surface area contributed by atoms with Crippen molar-refractivity contribution in [2.24, 2.45) is 11.7 Å². The molecule has 3 N–H and O–H groups in total. The highest BCUT2D eigenvalue weighted by molar-refractivity contribution is 5.85. The topological polar surface area (TPSA) is 55.5 Å². The van der Waals surface area contributed by atoms with Crippen LogP contribution in [0.15, 0.2) is 18.2 Å². The Bertz CT molecular complexity index is 425. The third-order valence-corrected chi connectivity index (χ3v) is 3.44. The molecule has 3 nitrogen and oxygen atoms in total. The minimum atomic E-state index is -0.241. The number of phenolic OH excluding ortho intramolecular Hbond substituents is 1. The molecule has 0 aliphatic heterocycles. The summed E-state index contributed by atoms with van der Waals surface area (Å²) in [7, 11) is 0. The summed E-state index contributed by atoms with van der Waals surface area (Å²) in [6, 6.07) is 5.26. The first-order chi connectivity index (χ1) is 8.37. The van der Waals surface area contributed by atoms with Gasteiger partial charge in [0.15, 0.2) is 0 Å². The molecule has 108 valence electrons. The number of phenols is 1. The highest BCUT2D eigenvalue weighted by Crippen LogP contribution is 2.40. The summed E-state index contributed by atoms with van der Waals surface area (Å²) in [6.45, 7) is 6.02. The maximum Gasteiger partial charge on any atom is 0.120 e. The average Bonchev–Trinajstić information content (AvgIpc) is 2.16. The Morgan fingerprint density at radius 2 is 1.95 bits per heavy atom. The molecule has 0 aromatic heterocycles. The normalized spacial score (nSPS) is 17.3. The minimum Gasteiger partial charge on any atom is -0.508 e. The first-order valence-electron chi connectivity index (χ1n) is 6.64. The van der Waals surface area contributed by atoms with Crippen LogP contribution >= 0.6 is 12.4 Å². The van der Waals surface area contributed by atoms with Crippen molar-refractivity contribution in [3.63, 3.8) is 0 Å². The van der Waals surface area contributed by atoms with E-state index < -0.39 is 0 Å². The zero-order valence-electron chi connectivity index (χ0n) is 11.8. The van der Waals surface area contributed by atoms with Crippen LogP contribution in [0.3, 0.4) is 0 Å². The van der Waals surface area contributed by atoms with Gasteiger partial charge in [0.1, 0.15) is 17.1 Å². The number of rotatable bonds is 3. The predicted molar refractivity (Wildman–Crippen MR) is 80.0 cm³/mol. The SMILES string of the molecule is CC(C)(C)Oc1ccc(O)c([C@H](N)C2CCC2)c1.Cl. The van der Waals surface area contributed by atoms with Crippen LogP contribution in [0.25, 0.3) is 0 Å². The molecule has 0 amide bonds. The molecule has 0 heterocycles. The molecule has 1 aromatic carbocycles. The monoisotopic (exact) mass is 285 g/mol. The zero-order valence-corrected chi connectivity index (χ0v) is 12.7. The largest absolute Gasteiger partial charge is 0.508 e. The number of halogens is 1. The molecule has 1 aliphatic carbocycles. The predicted octanol–water partition coefficient (Wildman–Crippen LogP) is 3.79. The number of aromatic hydroxyl groups is 1. The average molecular weight is 286 g/mol. The standard InChI is InChI=1S/C15H23NO2.ClH/c1-15(2,3)18-11-7-8-13(17)12(9-11)14(16)10-5-4-6-10;/h7-10,14,17H,4-6,16H2,1-3H3;1H/t14-;/m1./s1. The van der Waals surface area contributed by atoms with Gasteiger partial charge in [0.25, 0.3) is 0 Å². The summed E-state index contributed by atoms with van der Waals surface area (Å²) in [5.74, 6) is 1.54. The van der Waals surface area contributed by atoms with E-state index in [1.165, 1.54) is 6.42 Å². The first kappa shape index (κ1) is 16.1. The van der Waals surface area contributed by atoms with Crippen molar-refractivity contribution >= 4 is 12.4 Å². The Kier molecular flexibility index (Phi) is 5.11. The quantitative estimate of drug-likeness (QED) is 0.888. The molecule has 1 saturated carbocycles. The molecule has 0 saturated heterocycles. The van der Waals surface area contributed by atoms with Crippen LogP contribution in [-0.4, -0.2) is 10.7 Å². The molecule has 0 spiro atoms. The number of nitrogens with two attached hydrogens (primary N) is 1. The molecule has 4 heteroatoms. The van der Waals surface area contributed by atoms with Crippen LogP contribution in [-0.2, 0) is 0 Å². The van der Waals surface area contributed by atoms with E-state index in [2.05, 4.69) is 0 Å². The zero-order chi connectivity index (χ0) is 13.3. The molecular weight excluding hydrogens is 262 g/mol. The molecule has 1 aliphatic rings. The van der Waals surface area contributed by atoms with Crippen molar-refractivity contribution in [3.05, 3.63) is 23.8 Å². The number of benzene rings is 1. The molecule has 1 aromatic rings. The molecule has 0 bridgehead atoms. The minimum absolute atomic E-state index is 0. The van der Waals surface area contributed by atoms with E-state index in [1.54, 1.807) is 12.1 Å². The van der Waals surface area contributed by atoms with Gasteiger partial charge in [0.2, 0.25) is 0 Å². The Labute approximate surface area is 121 Å². The lowest BCUT2D eigenvalue weighted by atomic mass is 9.77. The second kappa shape index (κ2) is 6.02. The van der Waals surface area contributed by atoms with E-state index in [9.17, 15) is 5.11 Å². The van der Waals surface area contributed by atoms with Crippen molar-refractivity contribution in [1.29, 1.82) is 0 Å². The Hall–Kier alpha value is -0.930. The Balaban J connectivity index is 0.00000180. The van der Waals surface area contributed by atoms with Gasteiger partial charge in [-0.3, -0.25) is 0 Å². The van der Waals surface area contributed by atoms with Crippen LogP contribution in [0.5, 0.6) is 11.5 Å². The molecule has 19 heavy (non-hydrogen) atoms. The van der Waals surface area contributed by atoms with Gasteiger partial charge in [-0.15, -0.1) is 12.4 Å². The summed E-state index contributed by atoms with van der Waals surface area (Å²) in [5, 5.41) is 9.94. The van der Waals surface area contributed by atoms with Gasteiger partial charge in [-0.25, -0.2) is 0 Å². The van der Waals surface area contributed by atoms with Crippen LogP contribution in [0.1, 0.15) is 51.6 Å². The van der Waals surface area contributed by atoms with Crippen molar-refractivity contribution in [2.75, 3.05) is 0 Å². The van der Waals surface area contributed by atoms with Crippen molar-refractivity contribution in [3.8, 4) is 11.5 Å². The second-order valence-corrected chi connectivity index (χ2v) is 6.15. The number of ether oxygens (including phenoxy) is 1. The van der Waals surface area contributed by atoms with E-state index in [0.29, 0.717) is 5.92 Å². The van der Waals surface area contributed by atoms with E-state index in [4.69, 9.17) is 10.5 Å². The van der Waals surface area contributed by atoms with Gasteiger partial charge in [0.05, 0.1) is 0 Å². The maximum absolute atomic E-state index is 9.94. The summed E-state index contributed by atoms with van der Waals surface area (Å²) >= 11 is 0. The van der Waals surface area contributed by atoms with Gasteiger partial charge >= 0.3 is 0 Å². The van der Waals surface area contributed by atoms with Crippen molar-refractivity contribution in [2.45, 2.75) is 51.7 Å². The van der Waals surface area contributed by atoms with Crippen molar-refractivity contribution in [1.82, 2.24) is 0 Å². The summed E-state index contributed by atoms with van der Waals surface area (Å²) < 4.78 is 5.81. The molecule has 0 unspecified atom stereocenters.